The number of aromatic amines is 1. The Bertz CT molecular complexity index is 1090. The van der Waals surface area contributed by atoms with Crippen molar-refractivity contribution in [3.05, 3.63) is 70.9 Å². The molecule has 4 aromatic rings. The number of aryl methyl sites for hydroxylation is 2. The van der Waals surface area contributed by atoms with Crippen LogP contribution in [0.15, 0.2) is 48.5 Å². The van der Waals surface area contributed by atoms with E-state index in [0.29, 0.717) is 0 Å². The molecule has 0 radical (unpaired) electrons. The molecule has 2 aromatic heterocycles. The van der Waals surface area contributed by atoms with E-state index in [1.165, 1.54) is 16.7 Å². The molecule has 138 valence electrons. The fourth-order valence-corrected chi connectivity index (χ4v) is 3.25. The van der Waals surface area contributed by atoms with E-state index >= 15 is 0 Å². The van der Waals surface area contributed by atoms with Gasteiger partial charge in [0, 0.05) is 5.69 Å². The maximum atomic E-state index is 4.79. The highest BCUT2D eigenvalue weighted by molar-refractivity contribution is 5.79. The quantitative estimate of drug-likeness (QED) is 0.534. The lowest BCUT2D eigenvalue weighted by atomic mass is 9.87. The highest BCUT2D eigenvalue weighted by Gasteiger charge is 2.16. The van der Waals surface area contributed by atoms with Crippen molar-refractivity contribution in [2.45, 2.75) is 46.6 Å². The summed E-state index contributed by atoms with van der Waals surface area (Å²) in [6.07, 6.45) is 0. The molecule has 0 saturated carbocycles. The second kappa shape index (κ2) is 6.38. The van der Waals surface area contributed by atoms with Crippen LogP contribution in [0.3, 0.4) is 0 Å². The van der Waals surface area contributed by atoms with Crippen molar-refractivity contribution in [1.29, 1.82) is 0 Å². The van der Waals surface area contributed by atoms with Crippen molar-refractivity contribution < 1.29 is 0 Å². The second-order valence-electron chi connectivity index (χ2n) is 8.38. The van der Waals surface area contributed by atoms with Crippen LogP contribution in [-0.4, -0.2) is 19.7 Å². The molecule has 0 bridgehead atoms. The first-order valence-corrected chi connectivity index (χ1v) is 9.40. The summed E-state index contributed by atoms with van der Waals surface area (Å²) >= 11 is 0. The van der Waals surface area contributed by atoms with Crippen molar-refractivity contribution in [1.82, 2.24) is 19.7 Å². The van der Waals surface area contributed by atoms with E-state index < -0.39 is 0 Å². The molecule has 0 amide bonds. The molecular weight excluding hydrogens is 332 g/mol. The van der Waals surface area contributed by atoms with E-state index in [1.807, 2.05) is 4.68 Å². The van der Waals surface area contributed by atoms with E-state index in [1.54, 1.807) is 0 Å². The SMILES string of the molecule is Cc1ccc(Cn2nc(-c3nc4ccc(C(C)(C)C)cc4[nH]3)cc2C)cc1. The van der Waals surface area contributed by atoms with Gasteiger partial charge in [0.05, 0.1) is 17.6 Å². The Hall–Kier alpha value is -2.88. The number of imidazole rings is 1. The lowest BCUT2D eigenvalue weighted by Gasteiger charge is -2.18. The van der Waals surface area contributed by atoms with E-state index in [9.17, 15) is 0 Å². The molecule has 0 fully saturated rings. The number of aromatic nitrogens is 4. The minimum Gasteiger partial charge on any atom is -0.337 e. The molecule has 4 heteroatoms. The molecule has 0 unspecified atom stereocenters. The fourth-order valence-electron chi connectivity index (χ4n) is 3.25. The second-order valence-corrected chi connectivity index (χ2v) is 8.38. The molecule has 0 aliphatic carbocycles. The Morgan fingerprint density at radius 3 is 2.41 bits per heavy atom. The van der Waals surface area contributed by atoms with E-state index in [0.717, 1.165) is 34.8 Å². The smallest absolute Gasteiger partial charge is 0.159 e. The Morgan fingerprint density at radius 2 is 1.70 bits per heavy atom. The van der Waals surface area contributed by atoms with Crippen molar-refractivity contribution in [3.63, 3.8) is 0 Å². The molecule has 4 rings (SSSR count). The van der Waals surface area contributed by atoms with Crippen molar-refractivity contribution >= 4 is 11.0 Å². The molecule has 1 N–H and O–H groups in total. The van der Waals surface area contributed by atoms with Gasteiger partial charge < -0.3 is 4.98 Å². The van der Waals surface area contributed by atoms with Gasteiger partial charge in [0.15, 0.2) is 5.82 Å². The van der Waals surface area contributed by atoms with E-state index in [2.05, 4.69) is 88.1 Å². The van der Waals surface area contributed by atoms with Gasteiger partial charge in [-0.2, -0.15) is 5.10 Å². The topological polar surface area (TPSA) is 46.5 Å². The molecule has 0 saturated heterocycles. The summed E-state index contributed by atoms with van der Waals surface area (Å²) < 4.78 is 2.04. The van der Waals surface area contributed by atoms with E-state index in [-0.39, 0.29) is 5.41 Å². The Kier molecular flexibility index (Phi) is 4.14. The molecule has 4 nitrogen and oxygen atoms in total. The average molecular weight is 358 g/mol. The predicted octanol–water partition coefficient (Wildman–Crippen LogP) is 5.39. The summed E-state index contributed by atoms with van der Waals surface area (Å²) in [4.78, 5) is 8.20. The Labute approximate surface area is 160 Å². The summed E-state index contributed by atoms with van der Waals surface area (Å²) in [6, 6.07) is 17.1. The van der Waals surface area contributed by atoms with Gasteiger partial charge in [-0.3, -0.25) is 4.68 Å². The van der Waals surface area contributed by atoms with Crippen molar-refractivity contribution in [2.75, 3.05) is 0 Å². The normalized spacial score (nSPS) is 12.0. The summed E-state index contributed by atoms with van der Waals surface area (Å²) in [6.45, 7) is 11.6. The third-order valence-electron chi connectivity index (χ3n) is 5.02. The summed E-state index contributed by atoms with van der Waals surface area (Å²) in [5.74, 6) is 0.821. The third-order valence-corrected chi connectivity index (χ3v) is 5.02. The number of benzene rings is 2. The lowest BCUT2D eigenvalue weighted by Crippen LogP contribution is -2.10. The number of nitrogens with one attached hydrogen (secondary N) is 1. The van der Waals surface area contributed by atoms with Crippen LogP contribution < -0.4 is 0 Å². The van der Waals surface area contributed by atoms with Gasteiger partial charge in [0.2, 0.25) is 0 Å². The van der Waals surface area contributed by atoms with Crippen LogP contribution in [0.4, 0.5) is 0 Å². The molecular formula is C23H26N4. The Morgan fingerprint density at radius 1 is 0.963 bits per heavy atom. The number of rotatable bonds is 3. The van der Waals surface area contributed by atoms with E-state index in [4.69, 9.17) is 10.1 Å². The number of nitrogens with zero attached hydrogens (tertiary/aromatic N) is 3. The first-order chi connectivity index (χ1) is 12.8. The molecule has 27 heavy (non-hydrogen) atoms. The minimum atomic E-state index is 0.117. The molecule has 2 aromatic carbocycles. The first-order valence-electron chi connectivity index (χ1n) is 9.40. The maximum absolute atomic E-state index is 4.79. The summed E-state index contributed by atoms with van der Waals surface area (Å²) in [5.41, 5.74) is 7.98. The zero-order chi connectivity index (χ0) is 19.2. The van der Waals surface area contributed by atoms with Gasteiger partial charge in [0.25, 0.3) is 0 Å². The van der Waals surface area contributed by atoms with Crippen molar-refractivity contribution in [3.8, 4) is 11.5 Å². The van der Waals surface area contributed by atoms with Crippen LogP contribution in [0.25, 0.3) is 22.6 Å². The van der Waals surface area contributed by atoms with Gasteiger partial charge in [0.1, 0.15) is 5.69 Å². The number of fused-ring (bicyclic) bond motifs is 1. The van der Waals surface area contributed by atoms with Crippen LogP contribution >= 0.6 is 0 Å². The molecule has 0 spiro atoms. The number of hydrogen-bond donors (Lipinski definition) is 1. The maximum Gasteiger partial charge on any atom is 0.159 e. The molecule has 2 heterocycles. The zero-order valence-corrected chi connectivity index (χ0v) is 16.7. The average Bonchev–Trinajstić information content (AvgIpc) is 3.19. The van der Waals surface area contributed by atoms with Crippen LogP contribution in [0.2, 0.25) is 0 Å². The van der Waals surface area contributed by atoms with Gasteiger partial charge >= 0.3 is 0 Å². The van der Waals surface area contributed by atoms with Crippen LogP contribution in [-0.2, 0) is 12.0 Å². The number of H-pyrrole nitrogens is 1. The minimum absolute atomic E-state index is 0.117. The first kappa shape index (κ1) is 17.5. The zero-order valence-electron chi connectivity index (χ0n) is 16.7. The molecule has 0 aliphatic heterocycles. The highest BCUT2D eigenvalue weighted by atomic mass is 15.3. The molecule has 0 aliphatic rings. The molecule has 0 atom stereocenters. The van der Waals surface area contributed by atoms with Gasteiger partial charge in [-0.15, -0.1) is 0 Å². The van der Waals surface area contributed by atoms with Crippen LogP contribution in [0, 0.1) is 13.8 Å². The summed E-state index contributed by atoms with van der Waals surface area (Å²) in [5, 5.41) is 4.79. The largest absolute Gasteiger partial charge is 0.337 e. The van der Waals surface area contributed by atoms with Crippen LogP contribution in [0.5, 0.6) is 0 Å². The van der Waals surface area contributed by atoms with Gasteiger partial charge in [-0.25, -0.2) is 4.98 Å². The number of hydrogen-bond acceptors (Lipinski definition) is 2. The lowest BCUT2D eigenvalue weighted by molar-refractivity contribution is 0.591. The Balaban J connectivity index is 1.66. The standard InChI is InChI=1S/C23H26N4/c1-15-6-8-17(9-7-15)14-27-16(2)12-21(26-27)22-24-19-11-10-18(23(3,4)5)13-20(19)25-22/h6-13H,14H2,1-5H3,(H,24,25). The van der Waals surface area contributed by atoms with Crippen molar-refractivity contribution in [2.24, 2.45) is 0 Å². The van der Waals surface area contributed by atoms with Crippen LogP contribution in [0.1, 0.15) is 43.2 Å². The fraction of sp³-hybridized carbons (Fsp3) is 0.304. The van der Waals surface area contributed by atoms with Gasteiger partial charge in [-0.1, -0.05) is 56.7 Å². The predicted molar refractivity (Wildman–Crippen MR) is 111 cm³/mol. The monoisotopic (exact) mass is 358 g/mol. The third kappa shape index (κ3) is 3.52. The summed E-state index contributed by atoms with van der Waals surface area (Å²) in [7, 11) is 0. The van der Waals surface area contributed by atoms with Gasteiger partial charge in [-0.05, 0) is 48.6 Å². The highest BCUT2D eigenvalue weighted by Crippen LogP contribution is 2.27.